The van der Waals surface area contributed by atoms with Crippen LogP contribution in [0.5, 0.6) is 0 Å². The molecule has 0 saturated carbocycles. The van der Waals surface area contributed by atoms with E-state index in [-0.39, 0.29) is 50.2 Å². The highest BCUT2D eigenvalue weighted by molar-refractivity contribution is 7.92. The van der Waals surface area contributed by atoms with Crippen LogP contribution in [-0.4, -0.2) is 50.0 Å². The van der Waals surface area contributed by atoms with Gasteiger partial charge in [-0.3, -0.25) is 13.9 Å². The second-order valence-corrected chi connectivity index (χ2v) is 13.6. The lowest BCUT2D eigenvalue weighted by Crippen LogP contribution is -2.52. The van der Waals surface area contributed by atoms with Crippen molar-refractivity contribution in [1.29, 1.82) is 0 Å². The van der Waals surface area contributed by atoms with E-state index in [1.807, 2.05) is 70.2 Å². The van der Waals surface area contributed by atoms with E-state index in [0.717, 1.165) is 29.4 Å². The van der Waals surface area contributed by atoms with Gasteiger partial charge in [0, 0.05) is 47.6 Å². The minimum absolute atomic E-state index is 0.0147. The Hall–Kier alpha value is -3.07. The smallest absolute Gasteiger partial charge is 0.243 e. The average molecular weight is 647 g/mol. The van der Waals surface area contributed by atoms with Crippen molar-refractivity contribution in [3.63, 3.8) is 0 Å². The highest BCUT2D eigenvalue weighted by Gasteiger charge is 2.32. The second kappa shape index (κ2) is 15.6. The van der Waals surface area contributed by atoms with Crippen molar-refractivity contribution in [3.8, 4) is 0 Å². The van der Waals surface area contributed by atoms with Crippen LogP contribution < -0.4 is 9.62 Å². The number of carbonyl (C=O) groups is 2. The zero-order valence-electron chi connectivity index (χ0n) is 25.4. The van der Waals surface area contributed by atoms with Gasteiger partial charge >= 0.3 is 0 Å². The minimum Gasteiger partial charge on any atom is -0.352 e. The third kappa shape index (κ3) is 9.46. The van der Waals surface area contributed by atoms with Gasteiger partial charge in [0.1, 0.15) is 6.04 Å². The van der Waals surface area contributed by atoms with Crippen LogP contribution in [-0.2, 0) is 32.6 Å². The predicted octanol–water partition coefficient (Wildman–Crippen LogP) is 6.71. The lowest BCUT2D eigenvalue weighted by atomic mass is 10.0. The van der Waals surface area contributed by atoms with Crippen LogP contribution in [0.3, 0.4) is 0 Å². The number of anilines is 1. The molecule has 0 aliphatic heterocycles. The predicted molar refractivity (Wildman–Crippen MR) is 176 cm³/mol. The molecule has 2 atom stereocenters. The Morgan fingerprint density at radius 1 is 0.930 bits per heavy atom. The van der Waals surface area contributed by atoms with Gasteiger partial charge in [0.25, 0.3) is 0 Å². The molecule has 0 fully saturated rings. The number of sulfonamides is 1. The van der Waals surface area contributed by atoms with Crippen LogP contribution in [0.15, 0.2) is 66.7 Å². The Balaban J connectivity index is 1.95. The standard InChI is InChI=1S/C33H41Cl2N3O4S/c1-6-24(3)36-33(40)31(21-26-14-8-7-9-15-26)37(22-27-28(34)16-11-17-29(27)35)32(39)19-12-20-38(43(5,41)42)30-18-10-13-23(2)25(30)4/h7-11,13-18,24,31H,6,12,19-22H2,1-5H3,(H,36,40)/t24-,31+/m0/s1. The SMILES string of the molecule is CC[C@H](C)NC(=O)[C@@H](Cc1ccccc1)N(Cc1c(Cl)cccc1Cl)C(=O)CCCN(c1cccc(C)c1C)S(C)(=O)=O. The van der Waals surface area contributed by atoms with Crippen molar-refractivity contribution in [3.05, 3.63) is 99.0 Å². The van der Waals surface area contributed by atoms with Crippen molar-refractivity contribution in [2.24, 2.45) is 0 Å². The molecule has 3 rings (SSSR count). The molecule has 7 nitrogen and oxygen atoms in total. The minimum atomic E-state index is -3.61. The van der Waals surface area contributed by atoms with Gasteiger partial charge in [0.15, 0.2) is 0 Å². The van der Waals surface area contributed by atoms with E-state index < -0.39 is 16.1 Å². The van der Waals surface area contributed by atoms with Crippen molar-refractivity contribution in [2.45, 2.75) is 72.0 Å². The summed E-state index contributed by atoms with van der Waals surface area (Å²) in [6, 6.07) is 19.2. The van der Waals surface area contributed by atoms with Crippen LogP contribution in [0.2, 0.25) is 10.0 Å². The number of nitrogens with one attached hydrogen (secondary N) is 1. The number of halogens is 2. The molecule has 0 heterocycles. The summed E-state index contributed by atoms with van der Waals surface area (Å²) in [7, 11) is -3.61. The highest BCUT2D eigenvalue weighted by Crippen LogP contribution is 2.29. The fraction of sp³-hybridized carbons (Fsp3) is 0.394. The molecule has 0 spiro atoms. The molecule has 232 valence electrons. The number of aryl methyl sites for hydroxylation is 1. The van der Waals surface area contributed by atoms with Crippen LogP contribution in [0, 0.1) is 13.8 Å². The molecular formula is C33H41Cl2N3O4S. The zero-order chi connectivity index (χ0) is 31.7. The normalized spacial score (nSPS) is 12.8. The van der Waals surface area contributed by atoms with Gasteiger partial charge < -0.3 is 10.2 Å². The van der Waals surface area contributed by atoms with E-state index in [0.29, 0.717) is 21.3 Å². The lowest BCUT2D eigenvalue weighted by molar-refractivity contribution is -0.141. The largest absolute Gasteiger partial charge is 0.352 e. The number of carbonyl (C=O) groups excluding carboxylic acids is 2. The average Bonchev–Trinajstić information content (AvgIpc) is 2.95. The number of amides is 2. The molecule has 0 radical (unpaired) electrons. The van der Waals surface area contributed by atoms with Gasteiger partial charge in [0.2, 0.25) is 21.8 Å². The fourth-order valence-electron chi connectivity index (χ4n) is 4.84. The Morgan fingerprint density at radius 3 is 2.16 bits per heavy atom. The first-order valence-electron chi connectivity index (χ1n) is 14.4. The van der Waals surface area contributed by atoms with Crippen molar-refractivity contribution < 1.29 is 18.0 Å². The Bertz CT molecular complexity index is 1500. The molecule has 0 unspecified atom stereocenters. The summed E-state index contributed by atoms with van der Waals surface area (Å²) in [5.41, 5.74) is 3.86. The van der Waals surface area contributed by atoms with E-state index in [4.69, 9.17) is 23.2 Å². The first kappa shape index (κ1) is 34.4. The molecule has 0 saturated heterocycles. The van der Waals surface area contributed by atoms with Gasteiger partial charge in [-0.25, -0.2) is 8.42 Å². The van der Waals surface area contributed by atoms with Gasteiger partial charge in [-0.2, -0.15) is 0 Å². The van der Waals surface area contributed by atoms with Crippen molar-refractivity contribution in [1.82, 2.24) is 10.2 Å². The third-order valence-corrected chi connectivity index (χ3v) is 9.55. The van der Waals surface area contributed by atoms with Gasteiger partial charge in [-0.1, -0.05) is 78.7 Å². The molecule has 0 aliphatic carbocycles. The van der Waals surface area contributed by atoms with Crippen LogP contribution in [0.4, 0.5) is 5.69 Å². The molecule has 43 heavy (non-hydrogen) atoms. The maximum atomic E-state index is 14.0. The van der Waals surface area contributed by atoms with E-state index in [9.17, 15) is 18.0 Å². The lowest BCUT2D eigenvalue weighted by Gasteiger charge is -2.33. The van der Waals surface area contributed by atoms with Gasteiger partial charge in [-0.15, -0.1) is 0 Å². The molecule has 3 aromatic rings. The second-order valence-electron chi connectivity index (χ2n) is 10.9. The van der Waals surface area contributed by atoms with Gasteiger partial charge in [-0.05, 0) is 68.5 Å². The fourth-order valence-corrected chi connectivity index (χ4v) is 6.37. The van der Waals surface area contributed by atoms with E-state index in [2.05, 4.69) is 5.32 Å². The highest BCUT2D eigenvalue weighted by atomic mass is 35.5. The van der Waals surface area contributed by atoms with Gasteiger partial charge in [0.05, 0.1) is 11.9 Å². The molecule has 0 bridgehead atoms. The summed E-state index contributed by atoms with van der Waals surface area (Å²) in [4.78, 5) is 29.3. The van der Waals surface area contributed by atoms with Crippen LogP contribution >= 0.6 is 23.2 Å². The Kier molecular flexibility index (Phi) is 12.5. The molecule has 1 N–H and O–H groups in total. The topological polar surface area (TPSA) is 86.8 Å². The number of rotatable bonds is 14. The zero-order valence-corrected chi connectivity index (χ0v) is 27.8. The quantitative estimate of drug-likeness (QED) is 0.211. The van der Waals surface area contributed by atoms with Crippen molar-refractivity contribution in [2.75, 3.05) is 17.1 Å². The Labute approximate surface area is 266 Å². The summed E-state index contributed by atoms with van der Waals surface area (Å²) < 4.78 is 26.9. The first-order valence-corrected chi connectivity index (χ1v) is 17.0. The summed E-state index contributed by atoms with van der Waals surface area (Å²) in [6.45, 7) is 7.84. The first-order chi connectivity index (χ1) is 20.3. The Morgan fingerprint density at radius 2 is 1.56 bits per heavy atom. The molecule has 3 aromatic carbocycles. The molecule has 0 aliphatic rings. The summed E-state index contributed by atoms with van der Waals surface area (Å²) in [5.74, 6) is -0.575. The maximum Gasteiger partial charge on any atom is 0.243 e. The molecule has 2 amide bonds. The summed E-state index contributed by atoms with van der Waals surface area (Å²) in [6.07, 6.45) is 2.44. The van der Waals surface area contributed by atoms with Crippen molar-refractivity contribution >= 4 is 50.7 Å². The van der Waals surface area contributed by atoms with E-state index >= 15 is 0 Å². The van der Waals surface area contributed by atoms with E-state index in [1.54, 1.807) is 24.3 Å². The van der Waals surface area contributed by atoms with Crippen LogP contribution in [0.25, 0.3) is 0 Å². The number of hydrogen-bond acceptors (Lipinski definition) is 4. The molecule has 0 aromatic heterocycles. The number of nitrogens with zero attached hydrogens (tertiary/aromatic N) is 2. The number of hydrogen-bond donors (Lipinski definition) is 1. The monoisotopic (exact) mass is 645 g/mol. The van der Waals surface area contributed by atoms with Crippen LogP contribution in [0.1, 0.15) is 55.4 Å². The third-order valence-electron chi connectivity index (χ3n) is 7.66. The molecular weight excluding hydrogens is 605 g/mol. The molecule has 10 heteroatoms. The summed E-state index contributed by atoms with van der Waals surface area (Å²) in [5, 5.41) is 3.83. The number of benzene rings is 3. The van der Waals surface area contributed by atoms with E-state index in [1.165, 1.54) is 9.21 Å². The maximum absolute atomic E-state index is 14.0. The summed E-state index contributed by atoms with van der Waals surface area (Å²) >= 11 is 13.0.